The number of aromatic nitrogens is 1. The largest absolute Gasteiger partial charge is 0.478 e. The highest BCUT2D eigenvalue weighted by atomic mass is 16.4. The van der Waals surface area contributed by atoms with Crippen LogP contribution in [0.4, 0.5) is 0 Å². The first-order valence-corrected chi connectivity index (χ1v) is 3.22. The van der Waals surface area contributed by atoms with Gasteiger partial charge in [-0.3, -0.25) is 0 Å². The lowest BCUT2D eigenvalue weighted by Crippen LogP contribution is -1.90. The monoisotopic (exact) mass is 151 g/mol. The summed E-state index contributed by atoms with van der Waals surface area (Å²) < 4.78 is 1.85. The molecular weight excluding hydrogens is 142 g/mol. The topological polar surface area (TPSA) is 42.2 Å². The molecule has 0 bridgehead atoms. The predicted molar refractivity (Wildman–Crippen MR) is 42.1 cm³/mol. The van der Waals surface area contributed by atoms with Gasteiger partial charge in [-0.2, -0.15) is 0 Å². The van der Waals surface area contributed by atoms with E-state index in [9.17, 15) is 4.79 Å². The van der Waals surface area contributed by atoms with Crippen molar-refractivity contribution in [3.63, 3.8) is 0 Å². The predicted octanol–water partition coefficient (Wildman–Crippen LogP) is 1.12. The van der Waals surface area contributed by atoms with E-state index in [0.717, 1.165) is 11.8 Å². The highest BCUT2D eigenvalue weighted by Crippen LogP contribution is 2.01. The number of aryl methyl sites for hydroxylation is 1. The summed E-state index contributed by atoms with van der Waals surface area (Å²) in [5, 5.41) is 8.31. The lowest BCUT2D eigenvalue weighted by atomic mass is 10.4. The SMILES string of the molecule is Cn1cccc1C=CC(=O)O. The Labute approximate surface area is 64.6 Å². The molecule has 0 unspecified atom stereocenters. The number of carboxylic acid groups (broad SMARTS) is 1. The summed E-state index contributed by atoms with van der Waals surface area (Å²) in [7, 11) is 1.86. The van der Waals surface area contributed by atoms with Gasteiger partial charge in [0, 0.05) is 25.0 Å². The first-order valence-electron chi connectivity index (χ1n) is 3.22. The molecule has 0 saturated carbocycles. The fourth-order valence-corrected chi connectivity index (χ4v) is 0.804. The maximum atomic E-state index is 10.1. The van der Waals surface area contributed by atoms with Gasteiger partial charge in [0.1, 0.15) is 0 Å². The van der Waals surface area contributed by atoms with E-state index >= 15 is 0 Å². The normalized spacial score (nSPS) is 10.6. The fraction of sp³-hybridized carbons (Fsp3) is 0.125. The summed E-state index contributed by atoms with van der Waals surface area (Å²) in [5.41, 5.74) is 0.882. The van der Waals surface area contributed by atoms with Crippen LogP contribution in [0.2, 0.25) is 0 Å². The second-order valence-electron chi connectivity index (χ2n) is 2.22. The maximum Gasteiger partial charge on any atom is 0.328 e. The van der Waals surface area contributed by atoms with Crippen molar-refractivity contribution in [3.05, 3.63) is 30.1 Å². The van der Waals surface area contributed by atoms with Crippen molar-refractivity contribution < 1.29 is 9.90 Å². The third-order valence-corrected chi connectivity index (χ3v) is 1.38. The van der Waals surface area contributed by atoms with Gasteiger partial charge >= 0.3 is 5.97 Å². The quantitative estimate of drug-likeness (QED) is 0.643. The molecule has 1 heterocycles. The number of aliphatic carboxylic acids is 1. The molecule has 0 aliphatic rings. The summed E-state index contributed by atoms with van der Waals surface area (Å²) in [5.74, 6) is -0.925. The number of rotatable bonds is 2. The van der Waals surface area contributed by atoms with Crippen molar-refractivity contribution in [2.24, 2.45) is 7.05 Å². The van der Waals surface area contributed by atoms with E-state index in [-0.39, 0.29) is 0 Å². The third kappa shape index (κ3) is 1.97. The number of carbonyl (C=O) groups is 1. The fourth-order valence-electron chi connectivity index (χ4n) is 0.804. The minimum atomic E-state index is -0.925. The standard InChI is InChI=1S/C8H9NO2/c1-9-6-2-3-7(9)4-5-8(10)11/h2-6H,1H3,(H,10,11). The number of carboxylic acids is 1. The van der Waals surface area contributed by atoms with Crippen LogP contribution in [0, 0.1) is 0 Å². The highest BCUT2D eigenvalue weighted by molar-refractivity contribution is 5.84. The first-order chi connectivity index (χ1) is 5.20. The van der Waals surface area contributed by atoms with E-state index in [1.165, 1.54) is 0 Å². The molecule has 0 spiro atoms. The second-order valence-corrected chi connectivity index (χ2v) is 2.22. The summed E-state index contributed by atoms with van der Waals surface area (Å²) in [6.45, 7) is 0. The van der Waals surface area contributed by atoms with Gasteiger partial charge in [-0.15, -0.1) is 0 Å². The molecule has 0 aromatic carbocycles. The minimum absolute atomic E-state index is 0.882. The Balaban J connectivity index is 2.79. The third-order valence-electron chi connectivity index (χ3n) is 1.38. The summed E-state index contributed by atoms with van der Waals surface area (Å²) in [6, 6.07) is 3.71. The molecule has 58 valence electrons. The van der Waals surface area contributed by atoms with Gasteiger partial charge < -0.3 is 9.67 Å². The zero-order valence-electron chi connectivity index (χ0n) is 6.19. The Morgan fingerprint density at radius 2 is 2.45 bits per heavy atom. The Bertz CT molecular complexity index is 286. The van der Waals surface area contributed by atoms with Gasteiger partial charge in [-0.25, -0.2) is 4.79 Å². The van der Waals surface area contributed by atoms with Gasteiger partial charge in [0.15, 0.2) is 0 Å². The molecule has 0 fully saturated rings. The van der Waals surface area contributed by atoms with E-state index in [4.69, 9.17) is 5.11 Å². The molecule has 0 aliphatic heterocycles. The molecule has 0 radical (unpaired) electrons. The molecule has 3 nitrogen and oxygen atoms in total. The minimum Gasteiger partial charge on any atom is -0.478 e. The summed E-state index contributed by atoms with van der Waals surface area (Å²) in [4.78, 5) is 10.1. The van der Waals surface area contributed by atoms with E-state index in [2.05, 4.69) is 0 Å². The Morgan fingerprint density at radius 1 is 1.73 bits per heavy atom. The summed E-state index contributed by atoms with van der Waals surface area (Å²) in [6.07, 6.45) is 4.54. The van der Waals surface area contributed by atoms with Crippen LogP contribution in [-0.2, 0) is 11.8 Å². The zero-order chi connectivity index (χ0) is 8.27. The van der Waals surface area contributed by atoms with Gasteiger partial charge in [0.25, 0.3) is 0 Å². The average molecular weight is 151 g/mol. The Kier molecular flexibility index (Phi) is 2.11. The van der Waals surface area contributed by atoms with Gasteiger partial charge in [-0.1, -0.05) is 0 Å². The van der Waals surface area contributed by atoms with Crippen molar-refractivity contribution in [1.29, 1.82) is 0 Å². The smallest absolute Gasteiger partial charge is 0.328 e. The average Bonchev–Trinajstić information content (AvgIpc) is 2.31. The van der Waals surface area contributed by atoms with Crippen LogP contribution < -0.4 is 0 Å². The number of hydrogen-bond acceptors (Lipinski definition) is 1. The van der Waals surface area contributed by atoms with Crippen LogP contribution >= 0.6 is 0 Å². The molecule has 0 saturated heterocycles. The first kappa shape index (κ1) is 7.60. The van der Waals surface area contributed by atoms with Gasteiger partial charge in [0.2, 0.25) is 0 Å². The van der Waals surface area contributed by atoms with Crippen molar-refractivity contribution in [2.45, 2.75) is 0 Å². The van der Waals surface area contributed by atoms with E-state index in [1.807, 2.05) is 29.9 Å². The van der Waals surface area contributed by atoms with Gasteiger partial charge in [0.05, 0.1) is 0 Å². The zero-order valence-corrected chi connectivity index (χ0v) is 6.19. The van der Waals surface area contributed by atoms with Crippen molar-refractivity contribution in [2.75, 3.05) is 0 Å². The van der Waals surface area contributed by atoms with Crippen LogP contribution in [0.15, 0.2) is 24.4 Å². The van der Waals surface area contributed by atoms with Gasteiger partial charge in [-0.05, 0) is 18.2 Å². The lowest BCUT2D eigenvalue weighted by Gasteiger charge is -1.93. The van der Waals surface area contributed by atoms with Crippen LogP contribution in [0.3, 0.4) is 0 Å². The van der Waals surface area contributed by atoms with Crippen molar-refractivity contribution in [1.82, 2.24) is 4.57 Å². The molecule has 11 heavy (non-hydrogen) atoms. The molecule has 1 aromatic rings. The number of hydrogen-bond donors (Lipinski definition) is 1. The molecule has 0 amide bonds. The Hall–Kier alpha value is -1.51. The van der Waals surface area contributed by atoms with Crippen LogP contribution in [0.1, 0.15) is 5.69 Å². The number of nitrogens with zero attached hydrogens (tertiary/aromatic N) is 1. The lowest BCUT2D eigenvalue weighted by molar-refractivity contribution is -0.131. The summed E-state index contributed by atoms with van der Waals surface area (Å²) >= 11 is 0. The van der Waals surface area contributed by atoms with E-state index < -0.39 is 5.97 Å². The highest BCUT2D eigenvalue weighted by Gasteiger charge is 1.91. The van der Waals surface area contributed by atoms with Crippen LogP contribution in [0.5, 0.6) is 0 Å². The molecular formula is C8H9NO2. The van der Waals surface area contributed by atoms with E-state index in [1.54, 1.807) is 6.08 Å². The van der Waals surface area contributed by atoms with Crippen LogP contribution in [-0.4, -0.2) is 15.6 Å². The second kappa shape index (κ2) is 3.05. The van der Waals surface area contributed by atoms with Crippen molar-refractivity contribution >= 4 is 12.0 Å². The maximum absolute atomic E-state index is 10.1. The van der Waals surface area contributed by atoms with Crippen molar-refractivity contribution in [3.8, 4) is 0 Å². The van der Waals surface area contributed by atoms with E-state index in [0.29, 0.717) is 0 Å². The molecule has 3 heteroatoms. The Morgan fingerprint density at radius 3 is 2.91 bits per heavy atom. The molecule has 1 N–H and O–H groups in total. The molecule has 0 atom stereocenters. The molecule has 1 rings (SSSR count). The molecule has 0 aliphatic carbocycles. The molecule has 1 aromatic heterocycles. The van der Waals surface area contributed by atoms with Crippen LogP contribution in [0.25, 0.3) is 6.08 Å².